The van der Waals surface area contributed by atoms with Crippen LogP contribution in [0.15, 0.2) is 6.20 Å². The maximum atomic E-state index is 11.8. The molecule has 0 bridgehead atoms. The van der Waals surface area contributed by atoms with Gasteiger partial charge in [-0.05, 0) is 13.5 Å². The van der Waals surface area contributed by atoms with Crippen molar-refractivity contribution >= 4 is 22.4 Å². The van der Waals surface area contributed by atoms with E-state index in [0.717, 1.165) is 24.6 Å². The molecule has 5 nitrogen and oxygen atoms in total. The van der Waals surface area contributed by atoms with Gasteiger partial charge in [0.25, 0.3) is 0 Å². The van der Waals surface area contributed by atoms with E-state index < -0.39 is 0 Å². The van der Waals surface area contributed by atoms with Gasteiger partial charge in [-0.15, -0.1) is 11.3 Å². The predicted molar refractivity (Wildman–Crippen MR) is 69.3 cm³/mol. The van der Waals surface area contributed by atoms with Crippen molar-refractivity contribution in [3.05, 3.63) is 11.1 Å². The second kappa shape index (κ2) is 5.46. The van der Waals surface area contributed by atoms with Crippen LogP contribution in [0, 0.1) is 0 Å². The Morgan fingerprint density at radius 1 is 1.71 bits per heavy atom. The molecule has 1 unspecified atom stereocenters. The molecule has 0 aliphatic carbocycles. The van der Waals surface area contributed by atoms with Gasteiger partial charge in [0.15, 0.2) is 5.13 Å². The van der Waals surface area contributed by atoms with Crippen LogP contribution in [0.3, 0.4) is 0 Å². The van der Waals surface area contributed by atoms with Crippen molar-refractivity contribution in [3.63, 3.8) is 0 Å². The molecular formula is C11H18N4OS. The number of carbonyl (C=O) groups is 1. The fraction of sp³-hybridized carbons (Fsp3) is 0.636. The molecule has 1 aliphatic heterocycles. The molecular weight excluding hydrogens is 236 g/mol. The lowest BCUT2D eigenvalue weighted by molar-refractivity contribution is -0.123. The summed E-state index contributed by atoms with van der Waals surface area (Å²) in [5.74, 6) is 0.115. The van der Waals surface area contributed by atoms with Crippen molar-refractivity contribution in [1.82, 2.24) is 15.6 Å². The van der Waals surface area contributed by atoms with Crippen LogP contribution in [0.2, 0.25) is 0 Å². The first-order valence-electron chi connectivity index (χ1n) is 5.90. The highest BCUT2D eigenvalue weighted by Gasteiger charge is 2.29. The highest BCUT2D eigenvalue weighted by Crippen LogP contribution is 2.26. The normalized spacial score (nSPS) is 20.5. The van der Waals surface area contributed by atoms with Crippen LogP contribution >= 0.6 is 11.3 Å². The standard InChI is InChI=1S/C11H18N4OS/c1-3-9-10(16)13-4-5-15(9)11-14-7-8(17-11)6-12-2/h7,9,12H,3-6H2,1-2H3,(H,13,16). The number of hydrogen-bond acceptors (Lipinski definition) is 5. The molecule has 1 aromatic rings. The third-order valence-corrected chi connectivity index (χ3v) is 3.89. The van der Waals surface area contributed by atoms with E-state index in [-0.39, 0.29) is 11.9 Å². The summed E-state index contributed by atoms with van der Waals surface area (Å²) in [6.07, 6.45) is 2.70. The summed E-state index contributed by atoms with van der Waals surface area (Å²) < 4.78 is 0. The number of anilines is 1. The van der Waals surface area contributed by atoms with Crippen molar-refractivity contribution in [1.29, 1.82) is 0 Å². The molecule has 6 heteroatoms. The Bertz CT molecular complexity index is 393. The molecule has 1 aliphatic rings. The molecule has 1 saturated heterocycles. The number of thiazole rings is 1. The van der Waals surface area contributed by atoms with Gasteiger partial charge in [0.05, 0.1) is 0 Å². The van der Waals surface area contributed by atoms with Crippen LogP contribution in [-0.4, -0.2) is 37.1 Å². The van der Waals surface area contributed by atoms with E-state index in [0.29, 0.717) is 6.54 Å². The van der Waals surface area contributed by atoms with Crippen LogP contribution in [-0.2, 0) is 11.3 Å². The van der Waals surface area contributed by atoms with Crippen molar-refractivity contribution in [2.75, 3.05) is 25.0 Å². The van der Waals surface area contributed by atoms with Gasteiger partial charge in [-0.25, -0.2) is 4.98 Å². The highest BCUT2D eigenvalue weighted by molar-refractivity contribution is 7.15. The van der Waals surface area contributed by atoms with Gasteiger partial charge in [-0.1, -0.05) is 6.92 Å². The lowest BCUT2D eigenvalue weighted by Crippen LogP contribution is -2.55. The number of amides is 1. The minimum Gasteiger partial charge on any atom is -0.353 e. The van der Waals surface area contributed by atoms with Crippen molar-refractivity contribution in [3.8, 4) is 0 Å². The lowest BCUT2D eigenvalue weighted by Gasteiger charge is -2.34. The quantitative estimate of drug-likeness (QED) is 0.825. The Hall–Kier alpha value is -1.14. The van der Waals surface area contributed by atoms with Crippen LogP contribution in [0.1, 0.15) is 18.2 Å². The largest absolute Gasteiger partial charge is 0.353 e. The minimum absolute atomic E-state index is 0.0719. The van der Waals surface area contributed by atoms with Crippen LogP contribution in [0.5, 0.6) is 0 Å². The Morgan fingerprint density at radius 2 is 2.53 bits per heavy atom. The van der Waals surface area contributed by atoms with Gasteiger partial charge in [0, 0.05) is 30.7 Å². The number of nitrogens with one attached hydrogen (secondary N) is 2. The first-order chi connectivity index (χ1) is 8.26. The maximum Gasteiger partial charge on any atom is 0.242 e. The average Bonchev–Trinajstić information content (AvgIpc) is 2.78. The van der Waals surface area contributed by atoms with Crippen molar-refractivity contribution in [2.45, 2.75) is 25.9 Å². The first kappa shape index (κ1) is 12.3. The van der Waals surface area contributed by atoms with E-state index in [4.69, 9.17) is 0 Å². The Balaban J connectivity index is 2.15. The van der Waals surface area contributed by atoms with Gasteiger partial charge in [-0.3, -0.25) is 4.79 Å². The molecule has 1 fully saturated rings. The van der Waals surface area contributed by atoms with E-state index >= 15 is 0 Å². The zero-order valence-electron chi connectivity index (χ0n) is 10.2. The molecule has 2 N–H and O–H groups in total. The van der Waals surface area contributed by atoms with Crippen LogP contribution < -0.4 is 15.5 Å². The molecule has 1 amide bonds. The fourth-order valence-corrected chi connectivity index (χ4v) is 3.03. The molecule has 1 aromatic heterocycles. The molecule has 0 spiro atoms. The van der Waals surface area contributed by atoms with Gasteiger partial charge in [-0.2, -0.15) is 0 Å². The zero-order valence-corrected chi connectivity index (χ0v) is 11.0. The summed E-state index contributed by atoms with van der Waals surface area (Å²) in [7, 11) is 1.92. The van der Waals surface area contributed by atoms with Crippen LogP contribution in [0.4, 0.5) is 5.13 Å². The first-order valence-corrected chi connectivity index (χ1v) is 6.71. The molecule has 0 aromatic carbocycles. The molecule has 17 heavy (non-hydrogen) atoms. The molecule has 2 rings (SSSR count). The Morgan fingerprint density at radius 3 is 3.24 bits per heavy atom. The SMILES string of the molecule is CCC1C(=O)NCCN1c1ncc(CNC)s1. The topological polar surface area (TPSA) is 57.3 Å². The number of nitrogens with zero attached hydrogens (tertiary/aromatic N) is 2. The molecule has 0 saturated carbocycles. The molecule has 0 radical (unpaired) electrons. The number of carbonyl (C=O) groups excluding carboxylic acids is 1. The summed E-state index contributed by atoms with van der Waals surface area (Å²) in [4.78, 5) is 19.5. The van der Waals surface area contributed by atoms with E-state index in [1.807, 2.05) is 20.2 Å². The summed E-state index contributed by atoms with van der Waals surface area (Å²) in [6.45, 7) is 4.41. The summed E-state index contributed by atoms with van der Waals surface area (Å²) in [5, 5.41) is 6.96. The fourth-order valence-electron chi connectivity index (χ4n) is 2.04. The molecule has 2 heterocycles. The summed E-state index contributed by atoms with van der Waals surface area (Å²) >= 11 is 1.66. The monoisotopic (exact) mass is 254 g/mol. The van der Waals surface area contributed by atoms with E-state index in [2.05, 4.69) is 20.5 Å². The maximum absolute atomic E-state index is 11.8. The number of hydrogen-bond donors (Lipinski definition) is 2. The van der Waals surface area contributed by atoms with Gasteiger partial charge in [0.1, 0.15) is 6.04 Å². The second-order valence-electron chi connectivity index (χ2n) is 4.05. The number of rotatable bonds is 4. The van der Waals surface area contributed by atoms with Gasteiger partial charge in [0.2, 0.25) is 5.91 Å². The average molecular weight is 254 g/mol. The number of aromatic nitrogens is 1. The molecule has 1 atom stereocenters. The zero-order chi connectivity index (χ0) is 12.3. The van der Waals surface area contributed by atoms with Crippen molar-refractivity contribution < 1.29 is 4.79 Å². The third kappa shape index (κ3) is 2.58. The lowest BCUT2D eigenvalue weighted by atomic mass is 10.1. The number of piperazine rings is 1. The van der Waals surface area contributed by atoms with E-state index in [1.54, 1.807) is 11.3 Å². The second-order valence-corrected chi connectivity index (χ2v) is 5.14. The van der Waals surface area contributed by atoms with Gasteiger partial charge < -0.3 is 15.5 Å². The van der Waals surface area contributed by atoms with Crippen LogP contribution in [0.25, 0.3) is 0 Å². The highest BCUT2D eigenvalue weighted by atomic mass is 32.1. The Labute approximate surface area is 105 Å². The smallest absolute Gasteiger partial charge is 0.242 e. The van der Waals surface area contributed by atoms with E-state index in [1.165, 1.54) is 4.88 Å². The third-order valence-electron chi connectivity index (χ3n) is 2.86. The minimum atomic E-state index is -0.0719. The molecule has 94 valence electrons. The predicted octanol–water partition coefficient (Wildman–Crippen LogP) is 0.577. The summed E-state index contributed by atoms with van der Waals surface area (Å²) in [5.41, 5.74) is 0. The van der Waals surface area contributed by atoms with Gasteiger partial charge >= 0.3 is 0 Å². The van der Waals surface area contributed by atoms with E-state index in [9.17, 15) is 4.79 Å². The summed E-state index contributed by atoms with van der Waals surface area (Å²) in [6, 6.07) is -0.0719. The van der Waals surface area contributed by atoms with Crippen molar-refractivity contribution in [2.24, 2.45) is 0 Å². The Kier molecular flexibility index (Phi) is 3.96.